The Hall–Kier alpha value is -1.31. The quantitative estimate of drug-likeness (QED) is 0.735. The summed E-state index contributed by atoms with van der Waals surface area (Å²) in [5.41, 5.74) is -2.05. The molecule has 2 atom stereocenters. The number of nitrogens with zero attached hydrogens (tertiary/aromatic N) is 1. The first-order chi connectivity index (χ1) is 8.48. The van der Waals surface area contributed by atoms with Gasteiger partial charge in [-0.15, -0.1) is 0 Å². The molecule has 0 aromatic heterocycles. The number of aliphatic carboxylic acids is 1. The van der Waals surface area contributed by atoms with E-state index in [1.807, 2.05) is 0 Å². The largest absolute Gasteiger partial charge is 0.481 e. The first-order valence-corrected chi connectivity index (χ1v) is 7.62. The van der Waals surface area contributed by atoms with Crippen molar-refractivity contribution in [2.75, 3.05) is 18.8 Å². The molecule has 2 aliphatic heterocycles. The molecule has 1 N–H and O–H groups in total. The third-order valence-corrected chi connectivity index (χ3v) is 5.83. The molecule has 0 aliphatic carbocycles. The number of amides is 1. The highest BCUT2D eigenvalue weighted by Crippen LogP contribution is 2.46. The monoisotopic (exact) mass is 291 g/mol. The molecule has 2 heterocycles. The van der Waals surface area contributed by atoms with Crippen LogP contribution in [0, 0.1) is 5.41 Å². The maximum absolute atomic E-state index is 11.9. The van der Waals surface area contributed by atoms with Crippen LogP contribution in [0.4, 0.5) is 4.79 Å². The number of hydrogen-bond acceptors (Lipinski definition) is 5. The van der Waals surface area contributed by atoms with Crippen molar-refractivity contribution in [2.45, 2.75) is 31.6 Å². The second-order valence-electron chi connectivity index (χ2n) is 6.12. The van der Waals surface area contributed by atoms with Crippen LogP contribution in [0.3, 0.4) is 0 Å². The molecule has 108 valence electrons. The zero-order valence-corrected chi connectivity index (χ0v) is 11.9. The predicted octanol–water partition coefficient (Wildman–Crippen LogP) is 0.105. The van der Waals surface area contributed by atoms with E-state index in [0.717, 1.165) is 0 Å². The van der Waals surface area contributed by atoms with Crippen LogP contribution in [0.1, 0.15) is 20.8 Å². The van der Waals surface area contributed by atoms with Gasteiger partial charge < -0.3 is 14.7 Å². The van der Waals surface area contributed by atoms with E-state index >= 15 is 0 Å². The topological polar surface area (TPSA) is 101 Å². The number of carboxylic acids is 1. The standard InChI is InChI=1S/C11H17NO6S/c1-10(2,3)18-9(15)12-4-7-11(5-12,8(13)14)6-19(7,16)17/h7H,4-6H2,1-3H3,(H,13,14). The number of rotatable bonds is 1. The van der Waals surface area contributed by atoms with Crippen LogP contribution in [0.25, 0.3) is 0 Å². The summed E-state index contributed by atoms with van der Waals surface area (Å²) in [7, 11) is -3.40. The van der Waals surface area contributed by atoms with Crippen LogP contribution in [0.2, 0.25) is 0 Å². The van der Waals surface area contributed by atoms with Crippen molar-refractivity contribution in [2.24, 2.45) is 5.41 Å². The number of hydrogen-bond donors (Lipinski definition) is 1. The molecule has 2 rings (SSSR count). The van der Waals surface area contributed by atoms with Gasteiger partial charge in [-0.3, -0.25) is 4.79 Å². The highest BCUT2D eigenvalue weighted by Gasteiger charge is 2.68. The van der Waals surface area contributed by atoms with Crippen molar-refractivity contribution in [1.82, 2.24) is 4.90 Å². The highest BCUT2D eigenvalue weighted by atomic mass is 32.2. The zero-order chi connectivity index (χ0) is 14.6. The Morgan fingerprint density at radius 2 is 1.95 bits per heavy atom. The minimum Gasteiger partial charge on any atom is -0.481 e. The predicted molar refractivity (Wildman–Crippen MR) is 65.5 cm³/mol. The summed E-state index contributed by atoms with van der Waals surface area (Å²) in [5, 5.41) is 8.21. The summed E-state index contributed by atoms with van der Waals surface area (Å²) < 4.78 is 28.4. The molecule has 0 aromatic carbocycles. The lowest BCUT2D eigenvalue weighted by molar-refractivity contribution is -0.147. The van der Waals surface area contributed by atoms with E-state index in [2.05, 4.69) is 0 Å². The molecule has 0 aromatic rings. The van der Waals surface area contributed by atoms with Gasteiger partial charge in [-0.05, 0) is 20.8 Å². The Bertz CT molecular complexity index is 534. The number of fused-ring (bicyclic) bond motifs is 1. The average Bonchev–Trinajstić information content (AvgIpc) is 2.51. The van der Waals surface area contributed by atoms with Gasteiger partial charge >= 0.3 is 12.1 Å². The molecule has 2 saturated heterocycles. The van der Waals surface area contributed by atoms with E-state index in [-0.39, 0.29) is 13.1 Å². The Morgan fingerprint density at radius 1 is 1.37 bits per heavy atom. The van der Waals surface area contributed by atoms with Gasteiger partial charge in [-0.1, -0.05) is 0 Å². The normalized spacial score (nSPS) is 32.4. The fourth-order valence-corrected chi connectivity index (χ4v) is 4.96. The smallest absolute Gasteiger partial charge is 0.410 e. The summed E-state index contributed by atoms with van der Waals surface area (Å²) in [6, 6.07) is 0. The van der Waals surface area contributed by atoms with Crippen molar-refractivity contribution in [3.63, 3.8) is 0 Å². The fourth-order valence-electron chi connectivity index (χ4n) is 2.57. The van der Waals surface area contributed by atoms with Crippen LogP contribution < -0.4 is 0 Å². The van der Waals surface area contributed by atoms with Gasteiger partial charge in [0, 0.05) is 13.1 Å². The van der Waals surface area contributed by atoms with E-state index < -0.39 is 43.9 Å². The van der Waals surface area contributed by atoms with Crippen LogP contribution in [0.5, 0.6) is 0 Å². The van der Waals surface area contributed by atoms with Crippen molar-refractivity contribution >= 4 is 21.9 Å². The van der Waals surface area contributed by atoms with Crippen LogP contribution in [0.15, 0.2) is 0 Å². The van der Waals surface area contributed by atoms with E-state index in [1.54, 1.807) is 20.8 Å². The first-order valence-electron chi connectivity index (χ1n) is 5.91. The maximum Gasteiger partial charge on any atom is 0.410 e. The van der Waals surface area contributed by atoms with Gasteiger partial charge in [0.25, 0.3) is 0 Å². The first kappa shape index (κ1) is 14.1. The molecule has 0 spiro atoms. The minimum absolute atomic E-state index is 0.108. The molecule has 0 bridgehead atoms. The third kappa shape index (κ3) is 2.18. The number of carboxylic acid groups (broad SMARTS) is 1. The van der Waals surface area contributed by atoms with Gasteiger partial charge in [0.2, 0.25) is 0 Å². The Balaban J connectivity index is 2.18. The molecule has 1 amide bonds. The molecule has 19 heavy (non-hydrogen) atoms. The van der Waals surface area contributed by atoms with Crippen molar-refractivity contribution in [3.8, 4) is 0 Å². The lowest BCUT2D eigenvalue weighted by Gasteiger charge is -2.38. The highest BCUT2D eigenvalue weighted by molar-refractivity contribution is 7.93. The molecule has 0 saturated carbocycles. The molecular formula is C11H17NO6S. The maximum atomic E-state index is 11.9. The van der Waals surface area contributed by atoms with Gasteiger partial charge in [-0.25, -0.2) is 13.2 Å². The summed E-state index contributed by atoms with van der Waals surface area (Å²) >= 11 is 0. The lowest BCUT2D eigenvalue weighted by atomic mass is 9.88. The summed E-state index contributed by atoms with van der Waals surface area (Å²) in [5.74, 6) is -1.57. The Kier molecular flexibility index (Phi) is 2.85. The van der Waals surface area contributed by atoms with Crippen LogP contribution in [-0.4, -0.2) is 60.2 Å². The van der Waals surface area contributed by atoms with E-state index in [4.69, 9.17) is 4.74 Å². The van der Waals surface area contributed by atoms with E-state index in [0.29, 0.717) is 0 Å². The van der Waals surface area contributed by atoms with Crippen LogP contribution >= 0.6 is 0 Å². The van der Waals surface area contributed by atoms with Crippen molar-refractivity contribution in [3.05, 3.63) is 0 Å². The van der Waals surface area contributed by atoms with Gasteiger partial charge in [0.05, 0.1) is 11.0 Å². The Morgan fingerprint density at radius 3 is 2.32 bits per heavy atom. The molecule has 2 unspecified atom stereocenters. The molecule has 7 nitrogen and oxygen atoms in total. The number of likely N-dealkylation sites (tertiary alicyclic amines) is 1. The number of ether oxygens (including phenoxy) is 1. The average molecular weight is 291 g/mol. The Labute approximate surface area is 111 Å². The number of sulfone groups is 1. The fraction of sp³-hybridized carbons (Fsp3) is 0.818. The number of carbonyl (C=O) groups excluding carboxylic acids is 1. The summed E-state index contributed by atoms with van der Waals surface area (Å²) in [6.07, 6.45) is -0.669. The van der Waals surface area contributed by atoms with Gasteiger partial charge in [0.15, 0.2) is 9.84 Å². The second-order valence-corrected chi connectivity index (χ2v) is 8.30. The van der Waals surface area contributed by atoms with Crippen molar-refractivity contribution < 1.29 is 27.9 Å². The molecule has 8 heteroatoms. The molecule has 0 radical (unpaired) electrons. The second kappa shape index (κ2) is 3.84. The third-order valence-electron chi connectivity index (χ3n) is 3.45. The number of carbonyl (C=O) groups is 2. The van der Waals surface area contributed by atoms with Crippen LogP contribution in [-0.2, 0) is 19.4 Å². The van der Waals surface area contributed by atoms with E-state index in [9.17, 15) is 23.1 Å². The van der Waals surface area contributed by atoms with Gasteiger partial charge in [0.1, 0.15) is 11.0 Å². The SMILES string of the molecule is CC(C)(C)OC(=O)N1CC2C(C(=O)O)(C1)CS2(=O)=O. The van der Waals surface area contributed by atoms with E-state index in [1.165, 1.54) is 4.90 Å². The zero-order valence-electron chi connectivity index (χ0n) is 11.0. The molecular weight excluding hydrogens is 274 g/mol. The van der Waals surface area contributed by atoms with Gasteiger partial charge in [-0.2, -0.15) is 0 Å². The van der Waals surface area contributed by atoms with Crippen molar-refractivity contribution in [1.29, 1.82) is 0 Å². The lowest BCUT2D eigenvalue weighted by Crippen LogP contribution is -2.61. The summed E-state index contributed by atoms with van der Waals surface area (Å²) in [6.45, 7) is 4.86. The molecule has 2 aliphatic rings. The summed E-state index contributed by atoms with van der Waals surface area (Å²) in [4.78, 5) is 24.3. The molecule has 2 fully saturated rings. The minimum atomic E-state index is -3.40.